The fourth-order valence-electron chi connectivity index (χ4n) is 2.02. The van der Waals surface area contributed by atoms with Crippen LogP contribution in [-0.2, 0) is 14.6 Å². The van der Waals surface area contributed by atoms with Gasteiger partial charge in [0.25, 0.3) is 0 Å². The second kappa shape index (κ2) is 6.39. The lowest BCUT2D eigenvalue weighted by Crippen LogP contribution is -2.41. The van der Waals surface area contributed by atoms with E-state index in [4.69, 9.17) is 0 Å². The second-order valence-electron chi connectivity index (χ2n) is 4.94. The summed E-state index contributed by atoms with van der Waals surface area (Å²) in [7, 11) is -3.63. The summed E-state index contributed by atoms with van der Waals surface area (Å²) in [5.41, 5.74) is 1.94. The van der Waals surface area contributed by atoms with Crippen LogP contribution >= 0.6 is 0 Å². The molecule has 0 heterocycles. The van der Waals surface area contributed by atoms with E-state index in [1.165, 1.54) is 6.92 Å². The number of sulfone groups is 1. The van der Waals surface area contributed by atoms with Crippen LogP contribution in [0.25, 0.3) is 0 Å². The highest BCUT2D eigenvalue weighted by atomic mass is 32.2. The molecular formula is C15H23NO3S. The molecule has 112 valence electrons. The number of carbonyl (C=O) groups is 1. The molecule has 0 saturated heterocycles. The van der Waals surface area contributed by atoms with Crippen LogP contribution in [0.4, 0.5) is 0 Å². The highest BCUT2D eigenvalue weighted by Crippen LogP contribution is 2.20. The van der Waals surface area contributed by atoms with Crippen LogP contribution < -0.4 is 0 Å². The average molecular weight is 297 g/mol. The Hall–Kier alpha value is -1.36. The first-order chi connectivity index (χ1) is 9.25. The third-order valence-corrected chi connectivity index (χ3v) is 5.74. The molecule has 0 radical (unpaired) electrons. The quantitative estimate of drug-likeness (QED) is 0.838. The van der Waals surface area contributed by atoms with Crippen LogP contribution in [0, 0.1) is 13.8 Å². The maximum Gasteiger partial charge on any atom is 0.240 e. The van der Waals surface area contributed by atoms with Gasteiger partial charge < -0.3 is 4.90 Å². The summed E-state index contributed by atoms with van der Waals surface area (Å²) in [6.45, 7) is 9.98. The lowest BCUT2D eigenvalue weighted by molar-refractivity contribution is -0.130. The van der Waals surface area contributed by atoms with Crippen molar-refractivity contribution in [2.75, 3.05) is 13.1 Å². The summed E-state index contributed by atoms with van der Waals surface area (Å²) >= 11 is 0. The highest BCUT2D eigenvalue weighted by Gasteiger charge is 2.32. The molecule has 1 amide bonds. The van der Waals surface area contributed by atoms with Crippen LogP contribution in [0.1, 0.15) is 31.9 Å². The molecule has 0 spiro atoms. The van der Waals surface area contributed by atoms with Gasteiger partial charge in [-0.15, -0.1) is 0 Å². The van der Waals surface area contributed by atoms with Crippen molar-refractivity contribution in [3.8, 4) is 0 Å². The molecular weight excluding hydrogens is 274 g/mol. The fourth-order valence-corrected chi connectivity index (χ4v) is 3.44. The molecule has 1 rings (SSSR count). The van der Waals surface area contributed by atoms with E-state index >= 15 is 0 Å². The zero-order chi connectivity index (χ0) is 15.5. The Morgan fingerprint density at radius 1 is 1.15 bits per heavy atom. The first-order valence-corrected chi connectivity index (χ1v) is 8.40. The van der Waals surface area contributed by atoms with E-state index in [0.717, 1.165) is 11.1 Å². The number of benzene rings is 1. The Bertz CT molecular complexity index is 589. The maximum atomic E-state index is 12.5. The van der Waals surface area contributed by atoms with Crippen molar-refractivity contribution in [3.05, 3.63) is 29.3 Å². The van der Waals surface area contributed by atoms with Gasteiger partial charge in [-0.25, -0.2) is 8.42 Å². The molecule has 1 unspecified atom stereocenters. The molecule has 0 bridgehead atoms. The van der Waals surface area contributed by atoms with Crippen LogP contribution in [0.15, 0.2) is 23.1 Å². The summed E-state index contributed by atoms with van der Waals surface area (Å²) in [4.78, 5) is 14.0. The zero-order valence-corrected chi connectivity index (χ0v) is 13.6. The summed E-state index contributed by atoms with van der Waals surface area (Å²) < 4.78 is 25.1. The van der Waals surface area contributed by atoms with E-state index in [2.05, 4.69) is 0 Å². The first-order valence-electron chi connectivity index (χ1n) is 6.85. The van der Waals surface area contributed by atoms with Crippen molar-refractivity contribution in [2.45, 2.75) is 44.8 Å². The topological polar surface area (TPSA) is 54.5 Å². The summed E-state index contributed by atoms with van der Waals surface area (Å²) in [5, 5.41) is -1.05. The lowest BCUT2D eigenvalue weighted by atomic mass is 10.1. The highest BCUT2D eigenvalue weighted by molar-refractivity contribution is 7.92. The standard InChI is InChI=1S/C15H23NO3S/c1-6-16(7-2)15(17)13(5)20(18,19)14-9-8-11(3)12(4)10-14/h8-10,13H,6-7H2,1-5H3. The summed E-state index contributed by atoms with van der Waals surface area (Å²) in [6.07, 6.45) is 0. The molecule has 0 aliphatic heterocycles. The number of hydrogen-bond donors (Lipinski definition) is 0. The molecule has 1 aromatic carbocycles. The summed E-state index contributed by atoms with van der Waals surface area (Å²) in [5.74, 6) is -0.340. The van der Waals surface area contributed by atoms with Gasteiger partial charge in [-0.1, -0.05) is 6.07 Å². The van der Waals surface area contributed by atoms with E-state index in [9.17, 15) is 13.2 Å². The molecule has 0 fully saturated rings. The smallest absolute Gasteiger partial charge is 0.240 e. The normalized spacial score (nSPS) is 13.1. The van der Waals surface area contributed by atoms with Gasteiger partial charge in [0, 0.05) is 13.1 Å². The molecule has 0 aromatic heterocycles. The van der Waals surface area contributed by atoms with Gasteiger partial charge in [0.15, 0.2) is 9.84 Å². The molecule has 0 saturated carbocycles. The number of rotatable bonds is 5. The van der Waals surface area contributed by atoms with Gasteiger partial charge >= 0.3 is 0 Å². The first kappa shape index (κ1) is 16.7. The molecule has 0 N–H and O–H groups in total. The van der Waals surface area contributed by atoms with E-state index in [0.29, 0.717) is 13.1 Å². The average Bonchev–Trinajstić information content (AvgIpc) is 2.41. The van der Waals surface area contributed by atoms with Gasteiger partial charge in [0.1, 0.15) is 5.25 Å². The van der Waals surface area contributed by atoms with Crippen molar-refractivity contribution < 1.29 is 13.2 Å². The molecule has 0 aliphatic rings. The van der Waals surface area contributed by atoms with Gasteiger partial charge in [-0.2, -0.15) is 0 Å². The van der Waals surface area contributed by atoms with Gasteiger partial charge in [0.2, 0.25) is 5.91 Å². The number of aryl methyl sites for hydroxylation is 2. The lowest BCUT2D eigenvalue weighted by Gasteiger charge is -2.23. The Morgan fingerprint density at radius 2 is 1.70 bits per heavy atom. The van der Waals surface area contributed by atoms with E-state index in [-0.39, 0.29) is 10.8 Å². The fraction of sp³-hybridized carbons (Fsp3) is 0.533. The van der Waals surface area contributed by atoms with Crippen molar-refractivity contribution in [1.82, 2.24) is 4.90 Å². The van der Waals surface area contributed by atoms with Crippen molar-refractivity contribution in [3.63, 3.8) is 0 Å². The van der Waals surface area contributed by atoms with Crippen LogP contribution in [-0.4, -0.2) is 37.6 Å². The zero-order valence-electron chi connectivity index (χ0n) is 12.8. The predicted octanol–water partition coefficient (Wildman–Crippen LogP) is 2.33. The van der Waals surface area contributed by atoms with E-state index in [1.54, 1.807) is 23.1 Å². The van der Waals surface area contributed by atoms with Crippen molar-refractivity contribution in [1.29, 1.82) is 0 Å². The predicted molar refractivity (Wildman–Crippen MR) is 80.5 cm³/mol. The molecule has 1 atom stereocenters. The minimum absolute atomic E-state index is 0.216. The molecule has 4 nitrogen and oxygen atoms in total. The Labute approximate surface area is 121 Å². The minimum atomic E-state index is -3.63. The van der Waals surface area contributed by atoms with Crippen LogP contribution in [0.2, 0.25) is 0 Å². The number of carbonyl (C=O) groups excluding carboxylic acids is 1. The third kappa shape index (κ3) is 3.20. The van der Waals surface area contributed by atoms with Gasteiger partial charge in [-0.3, -0.25) is 4.79 Å². The maximum absolute atomic E-state index is 12.5. The molecule has 5 heteroatoms. The van der Waals surface area contributed by atoms with Crippen molar-refractivity contribution in [2.24, 2.45) is 0 Å². The van der Waals surface area contributed by atoms with Gasteiger partial charge in [0.05, 0.1) is 4.90 Å². The largest absolute Gasteiger partial charge is 0.342 e. The van der Waals surface area contributed by atoms with E-state index < -0.39 is 15.1 Å². The Morgan fingerprint density at radius 3 is 2.15 bits per heavy atom. The third-order valence-electron chi connectivity index (χ3n) is 3.70. The molecule has 0 aliphatic carbocycles. The molecule has 20 heavy (non-hydrogen) atoms. The number of hydrogen-bond acceptors (Lipinski definition) is 3. The Balaban J connectivity index is 3.15. The van der Waals surface area contributed by atoms with E-state index in [1.807, 2.05) is 27.7 Å². The van der Waals surface area contributed by atoms with Crippen LogP contribution in [0.3, 0.4) is 0 Å². The minimum Gasteiger partial charge on any atom is -0.342 e. The summed E-state index contributed by atoms with van der Waals surface area (Å²) in [6, 6.07) is 4.98. The van der Waals surface area contributed by atoms with Crippen molar-refractivity contribution >= 4 is 15.7 Å². The Kier molecular flexibility index (Phi) is 5.34. The van der Waals surface area contributed by atoms with Crippen LogP contribution in [0.5, 0.6) is 0 Å². The molecule has 1 aromatic rings. The SMILES string of the molecule is CCN(CC)C(=O)C(C)S(=O)(=O)c1ccc(C)c(C)c1. The second-order valence-corrected chi connectivity index (χ2v) is 7.21. The number of nitrogens with zero attached hydrogens (tertiary/aromatic N) is 1. The van der Waals surface area contributed by atoms with Gasteiger partial charge in [-0.05, 0) is 57.9 Å². The monoisotopic (exact) mass is 297 g/mol. The number of amides is 1.